The van der Waals surface area contributed by atoms with Gasteiger partial charge < -0.3 is 19.7 Å². The number of allylic oxidation sites excluding steroid dienone is 4. The van der Waals surface area contributed by atoms with Crippen LogP contribution >= 0.6 is 0 Å². The van der Waals surface area contributed by atoms with Gasteiger partial charge in [-0.25, -0.2) is 0 Å². The molecule has 3 atom stereocenters. The highest BCUT2D eigenvalue weighted by Crippen LogP contribution is 2.60. The maximum Gasteiger partial charge on any atom is 0.308 e. The van der Waals surface area contributed by atoms with Crippen molar-refractivity contribution in [3.05, 3.63) is 113 Å². The van der Waals surface area contributed by atoms with E-state index in [1.165, 1.54) is 44.5 Å². The van der Waals surface area contributed by atoms with Crippen molar-refractivity contribution in [1.29, 1.82) is 0 Å². The van der Waals surface area contributed by atoms with Gasteiger partial charge in [-0.2, -0.15) is 0 Å². The van der Waals surface area contributed by atoms with E-state index in [1.807, 2.05) is 0 Å². The number of carbonyl (C=O) groups excluding carboxylic acids is 2. The van der Waals surface area contributed by atoms with Gasteiger partial charge in [-0.3, -0.25) is 9.59 Å². The molecule has 6 heteroatoms. The molecule has 0 saturated heterocycles. The molecule has 2 N–H and O–H groups in total. The fourth-order valence-corrected chi connectivity index (χ4v) is 11.8. The number of carbonyl (C=O) groups is 2. The quantitative estimate of drug-likeness (QED) is 0.149. The molecule has 3 aromatic carbocycles. The average Bonchev–Trinajstić information content (AvgIpc) is 3.71. The number of benzene rings is 3. The topological polar surface area (TPSA) is 93.1 Å². The lowest BCUT2D eigenvalue weighted by molar-refractivity contribution is -0.151. The minimum absolute atomic E-state index is 0.123. The Morgan fingerprint density at radius 3 is 1.52 bits per heavy atom. The minimum Gasteiger partial charge on any atom is -0.465 e. The van der Waals surface area contributed by atoms with Crippen molar-refractivity contribution in [1.82, 2.24) is 0 Å². The largest absolute Gasteiger partial charge is 0.465 e. The fraction of sp³-hybridized carbons (Fsp3) is 0.538. The lowest BCUT2D eigenvalue weighted by Crippen LogP contribution is -2.37. The van der Waals surface area contributed by atoms with Crippen LogP contribution in [0.1, 0.15) is 126 Å². The zero-order valence-electron chi connectivity index (χ0n) is 34.8. The number of rotatable bonds is 15. The van der Waals surface area contributed by atoms with Crippen molar-refractivity contribution >= 4 is 17.5 Å². The zero-order chi connectivity index (χ0) is 40.3. The van der Waals surface area contributed by atoms with Crippen LogP contribution in [0.2, 0.25) is 0 Å². The van der Waals surface area contributed by atoms with E-state index in [2.05, 4.69) is 98.8 Å². The molecule has 0 bridgehead atoms. The van der Waals surface area contributed by atoms with Gasteiger partial charge in [0.1, 0.15) is 0 Å². The van der Waals surface area contributed by atoms with Gasteiger partial charge in [0.05, 0.1) is 25.0 Å². The van der Waals surface area contributed by atoms with Crippen LogP contribution < -0.4 is 0 Å². The van der Waals surface area contributed by atoms with Gasteiger partial charge >= 0.3 is 11.9 Å². The molecule has 58 heavy (non-hydrogen) atoms. The average molecular weight is 785 g/mol. The third-order valence-corrected chi connectivity index (χ3v) is 15.1. The van der Waals surface area contributed by atoms with E-state index in [0.717, 1.165) is 77.0 Å². The molecule has 0 aliphatic heterocycles. The molecule has 3 aromatic rings. The van der Waals surface area contributed by atoms with Crippen molar-refractivity contribution in [3.63, 3.8) is 0 Å². The standard InChI is InChI=1S/C52H64O6/c1-35(49(55)57-33-39-23-19-37(31-53)20-24-39)29-51(45-15-7-3-11-41(45)42-12-4-8-16-46(42)51)27-28-52(47-17-9-5-13-43(47)44-14-6-10-18-48(44)52)30-36(2)50(56)58-34-40-25-21-38(32-54)22-26-40/h3-5,7-13,15-18,35-40,53-54H,6,14,19-34H2,1-2H3. The molecule has 0 amide bonds. The summed E-state index contributed by atoms with van der Waals surface area (Å²) in [6, 6.07) is 26.5. The molecule has 5 aliphatic rings. The van der Waals surface area contributed by atoms with E-state index in [4.69, 9.17) is 9.47 Å². The van der Waals surface area contributed by atoms with E-state index >= 15 is 0 Å². The summed E-state index contributed by atoms with van der Waals surface area (Å²) < 4.78 is 12.3. The Morgan fingerprint density at radius 1 is 0.603 bits per heavy atom. The second-order valence-corrected chi connectivity index (χ2v) is 18.7. The van der Waals surface area contributed by atoms with Crippen molar-refractivity contribution in [2.45, 2.75) is 115 Å². The van der Waals surface area contributed by atoms with Gasteiger partial charge in [0.2, 0.25) is 0 Å². The van der Waals surface area contributed by atoms with Crippen LogP contribution in [0, 0.1) is 35.5 Å². The number of esters is 2. The van der Waals surface area contributed by atoms with Crippen LogP contribution in [0.15, 0.2) is 90.5 Å². The Kier molecular flexibility index (Phi) is 12.4. The van der Waals surface area contributed by atoms with Crippen LogP contribution in [-0.2, 0) is 29.9 Å². The molecule has 308 valence electrons. The van der Waals surface area contributed by atoms with E-state index in [1.54, 1.807) is 0 Å². The van der Waals surface area contributed by atoms with Gasteiger partial charge in [0, 0.05) is 24.0 Å². The molecular formula is C52H64O6. The van der Waals surface area contributed by atoms with Gasteiger partial charge in [0.15, 0.2) is 0 Å². The minimum atomic E-state index is -0.439. The third kappa shape index (κ3) is 7.88. The van der Waals surface area contributed by atoms with Crippen LogP contribution in [0.4, 0.5) is 0 Å². The summed E-state index contributed by atoms with van der Waals surface area (Å²) >= 11 is 0. The summed E-state index contributed by atoms with van der Waals surface area (Å²) in [6.07, 6.45) is 17.5. The summed E-state index contributed by atoms with van der Waals surface area (Å²) in [5.74, 6) is 0.552. The molecule has 2 fully saturated rings. The Hall–Kier alpha value is -4.00. The Labute approximate surface area is 346 Å². The lowest BCUT2D eigenvalue weighted by atomic mass is 9.62. The van der Waals surface area contributed by atoms with Gasteiger partial charge in [0.25, 0.3) is 0 Å². The molecule has 0 radical (unpaired) electrons. The molecule has 2 saturated carbocycles. The summed E-state index contributed by atoms with van der Waals surface area (Å²) in [6.45, 7) is 5.50. The number of ether oxygens (including phenoxy) is 2. The normalized spacial score (nSPS) is 26.6. The number of hydrogen-bond donors (Lipinski definition) is 2. The van der Waals surface area contributed by atoms with Crippen molar-refractivity contribution in [2.75, 3.05) is 26.4 Å². The number of fused-ring (bicyclic) bond motifs is 5. The first-order valence-electron chi connectivity index (χ1n) is 22.5. The first kappa shape index (κ1) is 40.8. The monoisotopic (exact) mass is 784 g/mol. The number of hydrogen-bond acceptors (Lipinski definition) is 6. The Morgan fingerprint density at radius 2 is 1.02 bits per heavy atom. The van der Waals surface area contributed by atoms with Gasteiger partial charge in [-0.05, 0) is 158 Å². The number of aliphatic hydroxyl groups excluding tert-OH is 2. The molecule has 3 unspecified atom stereocenters. The van der Waals surface area contributed by atoms with E-state index in [-0.39, 0.29) is 37.0 Å². The van der Waals surface area contributed by atoms with Crippen LogP contribution in [0.3, 0.4) is 0 Å². The van der Waals surface area contributed by atoms with Crippen molar-refractivity contribution in [2.24, 2.45) is 35.5 Å². The van der Waals surface area contributed by atoms with Crippen LogP contribution in [-0.4, -0.2) is 48.6 Å². The molecule has 0 spiro atoms. The summed E-state index contributed by atoms with van der Waals surface area (Å²) in [7, 11) is 0. The third-order valence-electron chi connectivity index (χ3n) is 15.1. The highest BCUT2D eigenvalue weighted by molar-refractivity contribution is 5.85. The fourth-order valence-electron chi connectivity index (χ4n) is 11.8. The van der Waals surface area contributed by atoms with E-state index < -0.39 is 10.8 Å². The second-order valence-electron chi connectivity index (χ2n) is 18.7. The van der Waals surface area contributed by atoms with Crippen LogP contribution in [0.5, 0.6) is 0 Å². The molecule has 6 nitrogen and oxygen atoms in total. The highest BCUT2D eigenvalue weighted by atomic mass is 16.5. The molecule has 0 heterocycles. The summed E-state index contributed by atoms with van der Waals surface area (Å²) in [5, 5.41) is 19.3. The molecule has 5 aliphatic carbocycles. The van der Waals surface area contributed by atoms with Crippen LogP contribution in [0.25, 0.3) is 16.7 Å². The Bertz CT molecular complexity index is 1950. The smallest absolute Gasteiger partial charge is 0.308 e. The first-order chi connectivity index (χ1) is 28.3. The van der Waals surface area contributed by atoms with Crippen molar-refractivity contribution < 1.29 is 29.3 Å². The molecular weight excluding hydrogens is 721 g/mol. The Balaban J connectivity index is 1.10. The van der Waals surface area contributed by atoms with E-state index in [0.29, 0.717) is 49.7 Å². The summed E-state index contributed by atoms with van der Waals surface area (Å²) in [4.78, 5) is 28.0. The maximum atomic E-state index is 14.0. The van der Waals surface area contributed by atoms with E-state index in [9.17, 15) is 19.8 Å². The molecule has 8 rings (SSSR count). The van der Waals surface area contributed by atoms with Crippen molar-refractivity contribution in [3.8, 4) is 11.1 Å². The predicted octanol–water partition coefficient (Wildman–Crippen LogP) is 10.5. The van der Waals surface area contributed by atoms with Gasteiger partial charge in [-0.15, -0.1) is 0 Å². The highest BCUT2D eigenvalue weighted by Gasteiger charge is 2.51. The van der Waals surface area contributed by atoms with Gasteiger partial charge in [-0.1, -0.05) is 98.8 Å². The zero-order valence-corrected chi connectivity index (χ0v) is 34.8. The maximum absolute atomic E-state index is 14.0. The SMILES string of the molecule is CC(CC1(CCC2(CC(C)C(=O)OCC3CCC(CO)CC3)c3ccccc3-c3ccccc32)C2=C(CCC=C2)c2ccccc21)C(=O)OCC1CCC(CO)CC1. The second kappa shape index (κ2) is 17.7. The first-order valence-corrected chi connectivity index (χ1v) is 22.5. The lowest BCUT2D eigenvalue weighted by Gasteiger charge is -2.41. The molecule has 0 aromatic heterocycles. The summed E-state index contributed by atoms with van der Waals surface area (Å²) in [5.41, 5.74) is 9.56. The predicted molar refractivity (Wildman–Crippen MR) is 230 cm³/mol. The number of aliphatic hydroxyl groups is 2.